The van der Waals surface area contributed by atoms with Crippen molar-refractivity contribution in [1.29, 1.82) is 0 Å². The summed E-state index contributed by atoms with van der Waals surface area (Å²) in [6.07, 6.45) is 1.80. The van der Waals surface area contributed by atoms with Crippen molar-refractivity contribution in [3.63, 3.8) is 0 Å². The van der Waals surface area contributed by atoms with Crippen LogP contribution in [-0.2, 0) is 13.2 Å². The van der Waals surface area contributed by atoms with Gasteiger partial charge >= 0.3 is 0 Å². The van der Waals surface area contributed by atoms with E-state index in [9.17, 15) is 0 Å². The van der Waals surface area contributed by atoms with E-state index < -0.39 is 0 Å². The molecule has 2 aromatic rings. The molecule has 0 saturated heterocycles. The van der Waals surface area contributed by atoms with Crippen molar-refractivity contribution in [3.05, 3.63) is 44.8 Å². The van der Waals surface area contributed by atoms with Gasteiger partial charge < -0.3 is 10.1 Å². The maximum absolute atomic E-state index is 5.77. The van der Waals surface area contributed by atoms with Gasteiger partial charge in [0.1, 0.15) is 17.4 Å². The third kappa shape index (κ3) is 4.89. The Kier molecular flexibility index (Phi) is 6.01. The molecule has 0 fully saturated rings. The highest BCUT2D eigenvalue weighted by Crippen LogP contribution is 2.23. The number of ether oxygens (including phenoxy) is 1. The zero-order chi connectivity index (χ0) is 14.4. The molecular weight excluding hydrogens is 336 g/mol. The number of benzene rings is 1. The van der Waals surface area contributed by atoms with E-state index in [4.69, 9.17) is 4.74 Å². The molecule has 5 heteroatoms. The monoisotopic (exact) mass is 354 g/mol. The highest BCUT2D eigenvalue weighted by Gasteiger charge is 2.04. The number of thiazole rings is 1. The lowest BCUT2D eigenvalue weighted by atomic mass is 10.2. The summed E-state index contributed by atoms with van der Waals surface area (Å²) >= 11 is 5.19. The lowest BCUT2D eigenvalue weighted by Gasteiger charge is -2.11. The maximum atomic E-state index is 5.77. The molecule has 0 bridgehead atoms. The van der Waals surface area contributed by atoms with Crippen LogP contribution in [0.3, 0.4) is 0 Å². The quantitative estimate of drug-likeness (QED) is 0.807. The molecule has 1 aromatic carbocycles. The van der Waals surface area contributed by atoms with Crippen LogP contribution in [0.5, 0.6) is 5.75 Å². The third-order valence-electron chi connectivity index (χ3n) is 2.73. The molecule has 0 saturated carbocycles. The number of halogens is 1. The molecule has 0 radical (unpaired) electrons. The Labute approximate surface area is 132 Å². The van der Waals surface area contributed by atoms with E-state index in [-0.39, 0.29) is 0 Å². The first-order valence-electron chi connectivity index (χ1n) is 6.65. The van der Waals surface area contributed by atoms with E-state index >= 15 is 0 Å². The highest BCUT2D eigenvalue weighted by atomic mass is 79.9. The molecule has 0 amide bonds. The molecule has 1 N–H and O–H groups in total. The second kappa shape index (κ2) is 7.76. The van der Waals surface area contributed by atoms with E-state index in [2.05, 4.69) is 46.1 Å². The first-order valence-corrected chi connectivity index (χ1v) is 8.32. The van der Waals surface area contributed by atoms with E-state index in [1.165, 1.54) is 5.56 Å². The highest BCUT2D eigenvalue weighted by molar-refractivity contribution is 9.10. The molecule has 108 valence electrons. The molecule has 2 rings (SSSR count). The standard InChI is InChI=1S/C15H19BrN2OS/c1-11(2)8-17-9-12-7-13(3-4-14(12)16)19-10-15-18-5-6-20-15/h3-7,11,17H,8-10H2,1-2H3. The predicted octanol–water partition coefficient (Wildman–Crippen LogP) is 4.23. The van der Waals surface area contributed by atoms with Crippen molar-refractivity contribution in [2.75, 3.05) is 6.54 Å². The normalized spacial score (nSPS) is 11.0. The molecule has 0 spiro atoms. The van der Waals surface area contributed by atoms with Crippen LogP contribution in [0.15, 0.2) is 34.2 Å². The molecule has 3 nitrogen and oxygen atoms in total. The molecule has 1 heterocycles. The summed E-state index contributed by atoms with van der Waals surface area (Å²) in [6, 6.07) is 6.08. The molecule has 1 aromatic heterocycles. The Bertz CT molecular complexity index is 529. The zero-order valence-electron chi connectivity index (χ0n) is 11.7. The molecular formula is C15H19BrN2OS. The summed E-state index contributed by atoms with van der Waals surface area (Å²) in [5, 5.41) is 6.40. The van der Waals surface area contributed by atoms with Gasteiger partial charge in [0.15, 0.2) is 0 Å². The van der Waals surface area contributed by atoms with Crippen molar-refractivity contribution in [2.24, 2.45) is 5.92 Å². The summed E-state index contributed by atoms with van der Waals surface area (Å²) in [7, 11) is 0. The fourth-order valence-corrected chi connectivity index (χ4v) is 2.66. The van der Waals surface area contributed by atoms with Gasteiger partial charge in [-0.1, -0.05) is 29.8 Å². The van der Waals surface area contributed by atoms with Gasteiger partial charge in [0, 0.05) is 22.6 Å². The third-order valence-corrected chi connectivity index (χ3v) is 4.26. The van der Waals surface area contributed by atoms with Crippen molar-refractivity contribution in [1.82, 2.24) is 10.3 Å². The second-order valence-corrected chi connectivity index (χ2v) is 6.83. The van der Waals surface area contributed by atoms with Crippen LogP contribution in [-0.4, -0.2) is 11.5 Å². The summed E-state index contributed by atoms with van der Waals surface area (Å²) in [4.78, 5) is 4.21. The Morgan fingerprint density at radius 3 is 2.95 bits per heavy atom. The Balaban J connectivity index is 1.93. The van der Waals surface area contributed by atoms with Gasteiger partial charge in [0.05, 0.1) is 0 Å². The van der Waals surface area contributed by atoms with E-state index in [1.807, 2.05) is 17.5 Å². The van der Waals surface area contributed by atoms with Crippen LogP contribution in [0.1, 0.15) is 24.4 Å². The summed E-state index contributed by atoms with van der Waals surface area (Å²) in [6.45, 7) is 6.78. The minimum Gasteiger partial charge on any atom is -0.486 e. The van der Waals surface area contributed by atoms with Gasteiger partial charge in [-0.3, -0.25) is 0 Å². The van der Waals surface area contributed by atoms with E-state index in [0.29, 0.717) is 12.5 Å². The Morgan fingerprint density at radius 2 is 2.25 bits per heavy atom. The lowest BCUT2D eigenvalue weighted by Crippen LogP contribution is -2.19. The first kappa shape index (κ1) is 15.5. The summed E-state index contributed by atoms with van der Waals surface area (Å²) in [5.74, 6) is 1.53. The maximum Gasteiger partial charge on any atom is 0.140 e. The molecule has 0 unspecified atom stereocenters. The van der Waals surface area contributed by atoms with Gasteiger partial charge in [0.2, 0.25) is 0 Å². The minimum atomic E-state index is 0.526. The average Bonchev–Trinajstić information content (AvgIpc) is 2.92. The van der Waals surface area contributed by atoms with Crippen molar-refractivity contribution >= 4 is 27.3 Å². The van der Waals surface area contributed by atoms with Gasteiger partial charge in [0.25, 0.3) is 0 Å². The van der Waals surface area contributed by atoms with Crippen LogP contribution < -0.4 is 10.1 Å². The Morgan fingerprint density at radius 1 is 1.40 bits per heavy atom. The number of nitrogens with zero attached hydrogens (tertiary/aromatic N) is 1. The topological polar surface area (TPSA) is 34.1 Å². The van der Waals surface area contributed by atoms with E-state index in [0.717, 1.165) is 28.3 Å². The van der Waals surface area contributed by atoms with Crippen LogP contribution in [0.25, 0.3) is 0 Å². The predicted molar refractivity (Wildman–Crippen MR) is 87.1 cm³/mol. The molecule has 0 aliphatic carbocycles. The van der Waals surface area contributed by atoms with Crippen LogP contribution >= 0.6 is 27.3 Å². The first-order chi connectivity index (χ1) is 9.65. The van der Waals surface area contributed by atoms with Gasteiger partial charge in [-0.25, -0.2) is 4.98 Å². The van der Waals surface area contributed by atoms with Crippen LogP contribution in [0, 0.1) is 5.92 Å². The fourth-order valence-electron chi connectivity index (χ4n) is 1.74. The SMILES string of the molecule is CC(C)CNCc1cc(OCc2nccs2)ccc1Br. The molecule has 20 heavy (non-hydrogen) atoms. The van der Waals surface area contributed by atoms with Gasteiger partial charge in [-0.2, -0.15) is 0 Å². The minimum absolute atomic E-state index is 0.526. The smallest absolute Gasteiger partial charge is 0.140 e. The zero-order valence-corrected chi connectivity index (χ0v) is 14.1. The van der Waals surface area contributed by atoms with Crippen molar-refractivity contribution < 1.29 is 4.74 Å². The number of nitrogens with one attached hydrogen (secondary N) is 1. The van der Waals surface area contributed by atoms with Gasteiger partial charge in [-0.15, -0.1) is 11.3 Å². The lowest BCUT2D eigenvalue weighted by molar-refractivity contribution is 0.305. The van der Waals surface area contributed by atoms with Gasteiger partial charge in [-0.05, 0) is 36.2 Å². The largest absolute Gasteiger partial charge is 0.486 e. The summed E-state index contributed by atoms with van der Waals surface area (Å²) < 4.78 is 6.88. The van der Waals surface area contributed by atoms with Crippen molar-refractivity contribution in [2.45, 2.75) is 27.0 Å². The second-order valence-electron chi connectivity index (χ2n) is 4.99. The molecule has 0 aliphatic rings. The molecule has 0 aliphatic heterocycles. The van der Waals surface area contributed by atoms with Crippen LogP contribution in [0.4, 0.5) is 0 Å². The fraction of sp³-hybridized carbons (Fsp3) is 0.400. The Hall–Kier alpha value is -0.910. The number of hydrogen-bond acceptors (Lipinski definition) is 4. The number of hydrogen-bond donors (Lipinski definition) is 1. The number of rotatable bonds is 7. The summed E-state index contributed by atoms with van der Waals surface area (Å²) in [5.41, 5.74) is 1.21. The molecule has 0 atom stereocenters. The average molecular weight is 355 g/mol. The van der Waals surface area contributed by atoms with Crippen molar-refractivity contribution in [3.8, 4) is 5.75 Å². The number of aromatic nitrogens is 1. The van der Waals surface area contributed by atoms with E-state index in [1.54, 1.807) is 17.5 Å². The van der Waals surface area contributed by atoms with Crippen LogP contribution in [0.2, 0.25) is 0 Å².